The molecule has 0 radical (unpaired) electrons. The number of sulfone groups is 1. The summed E-state index contributed by atoms with van der Waals surface area (Å²) in [5, 5.41) is 8.97. The van der Waals surface area contributed by atoms with Gasteiger partial charge in [0.2, 0.25) is 0 Å². The summed E-state index contributed by atoms with van der Waals surface area (Å²) < 4.78 is 24.6. The average Bonchev–Trinajstić information content (AvgIpc) is 2.35. The van der Waals surface area contributed by atoms with Gasteiger partial charge in [0.1, 0.15) is 0 Å². The summed E-state index contributed by atoms with van der Waals surface area (Å²) in [6.07, 6.45) is 1.51. The highest BCUT2D eigenvalue weighted by Crippen LogP contribution is 2.26. The normalized spacial score (nSPS) is 11.8. The number of rotatable bonds is 6. The third-order valence-corrected chi connectivity index (χ3v) is 5.48. The van der Waals surface area contributed by atoms with Gasteiger partial charge in [-0.2, -0.15) is 0 Å². The summed E-state index contributed by atoms with van der Waals surface area (Å²) in [4.78, 5) is 10.8. The molecule has 0 aliphatic carbocycles. The first kappa shape index (κ1) is 16.0. The van der Waals surface area contributed by atoms with Crippen LogP contribution in [0.25, 0.3) is 0 Å². The molecule has 0 bridgehead atoms. The van der Waals surface area contributed by atoms with Crippen molar-refractivity contribution in [3.8, 4) is 0 Å². The van der Waals surface area contributed by atoms with Crippen molar-refractivity contribution in [3.63, 3.8) is 0 Å². The Morgan fingerprint density at radius 1 is 1.32 bits per heavy atom. The van der Waals surface area contributed by atoms with E-state index in [1.165, 1.54) is 12.1 Å². The maximum atomic E-state index is 12.3. The molecule has 0 aliphatic rings. The van der Waals surface area contributed by atoms with E-state index in [1.807, 2.05) is 13.8 Å². The molecule has 1 aromatic carbocycles. The molecular weight excluding hydrogens is 288 g/mol. The van der Waals surface area contributed by atoms with Gasteiger partial charge in [0.05, 0.1) is 21.2 Å². The van der Waals surface area contributed by atoms with Gasteiger partial charge in [-0.05, 0) is 24.1 Å². The predicted octanol–water partition coefficient (Wildman–Crippen LogP) is 3.25. The van der Waals surface area contributed by atoms with Crippen molar-refractivity contribution in [1.82, 2.24) is 0 Å². The number of carbonyl (C=O) groups is 1. The van der Waals surface area contributed by atoms with Crippen molar-refractivity contribution in [1.29, 1.82) is 0 Å². The zero-order chi connectivity index (χ0) is 14.6. The van der Waals surface area contributed by atoms with Gasteiger partial charge < -0.3 is 5.11 Å². The fourth-order valence-electron chi connectivity index (χ4n) is 1.80. The van der Waals surface area contributed by atoms with Crippen molar-refractivity contribution in [3.05, 3.63) is 28.8 Å². The van der Waals surface area contributed by atoms with Gasteiger partial charge in [-0.25, -0.2) is 13.2 Å². The molecule has 0 aliphatic heterocycles. The molecule has 0 amide bonds. The minimum absolute atomic E-state index is 0.0111. The molecule has 0 atom stereocenters. The lowest BCUT2D eigenvalue weighted by Crippen LogP contribution is -2.16. The standard InChI is InChI=1S/C13H17ClO4S/c1-3-9(4-2)8-19(17,18)12-7-10(13(15)16)5-6-11(12)14/h5-7,9H,3-4,8H2,1-2H3,(H,15,16). The van der Waals surface area contributed by atoms with Crippen molar-refractivity contribution in [2.24, 2.45) is 5.92 Å². The van der Waals surface area contributed by atoms with Crippen LogP contribution in [0.15, 0.2) is 23.1 Å². The van der Waals surface area contributed by atoms with E-state index in [0.29, 0.717) is 0 Å². The number of carboxylic acids is 1. The molecule has 0 fully saturated rings. The molecule has 0 spiro atoms. The minimum Gasteiger partial charge on any atom is -0.478 e. The van der Waals surface area contributed by atoms with Crippen LogP contribution in [0.2, 0.25) is 5.02 Å². The summed E-state index contributed by atoms with van der Waals surface area (Å²) in [5.74, 6) is -1.13. The molecule has 0 unspecified atom stereocenters. The first-order valence-corrected chi connectivity index (χ1v) is 8.10. The fraction of sp³-hybridized carbons (Fsp3) is 0.462. The highest BCUT2D eigenvalue weighted by molar-refractivity contribution is 7.91. The van der Waals surface area contributed by atoms with Crippen LogP contribution in [0, 0.1) is 5.92 Å². The Morgan fingerprint density at radius 2 is 1.89 bits per heavy atom. The summed E-state index contributed by atoms with van der Waals surface area (Å²) in [6, 6.07) is 3.73. The Labute approximate surface area is 118 Å². The van der Waals surface area contributed by atoms with Gasteiger partial charge in [0.15, 0.2) is 9.84 Å². The summed E-state index contributed by atoms with van der Waals surface area (Å²) in [7, 11) is -3.57. The molecule has 0 saturated carbocycles. The first-order valence-electron chi connectivity index (χ1n) is 6.07. The average molecular weight is 305 g/mol. The van der Waals surface area contributed by atoms with Crippen LogP contribution < -0.4 is 0 Å². The lowest BCUT2D eigenvalue weighted by Gasteiger charge is -2.13. The smallest absolute Gasteiger partial charge is 0.335 e. The van der Waals surface area contributed by atoms with E-state index >= 15 is 0 Å². The number of halogens is 1. The van der Waals surface area contributed by atoms with Gasteiger partial charge in [0, 0.05) is 0 Å². The molecule has 1 N–H and O–H groups in total. The Kier molecular flexibility index (Phi) is 5.38. The number of benzene rings is 1. The summed E-state index contributed by atoms with van der Waals surface area (Å²) in [6.45, 7) is 3.86. The molecule has 1 rings (SSSR count). The topological polar surface area (TPSA) is 71.4 Å². The third-order valence-electron chi connectivity index (χ3n) is 3.12. The molecule has 106 valence electrons. The molecule has 19 heavy (non-hydrogen) atoms. The van der Waals surface area contributed by atoms with E-state index in [0.717, 1.165) is 18.9 Å². The number of carboxylic acid groups (broad SMARTS) is 1. The molecule has 4 nitrogen and oxygen atoms in total. The van der Waals surface area contributed by atoms with E-state index in [1.54, 1.807) is 0 Å². The van der Waals surface area contributed by atoms with Crippen LogP contribution in [-0.4, -0.2) is 25.2 Å². The second-order valence-electron chi connectivity index (χ2n) is 4.41. The van der Waals surface area contributed by atoms with E-state index in [2.05, 4.69) is 0 Å². The summed E-state index contributed by atoms with van der Waals surface area (Å²) in [5.41, 5.74) is -0.0764. The van der Waals surface area contributed by atoms with E-state index in [4.69, 9.17) is 16.7 Å². The van der Waals surface area contributed by atoms with Gasteiger partial charge in [-0.15, -0.1) is 0 Å². The van der Waals surface area contributed by atoms with Crippen LogP contribution in [0.5, 0.6) is 0 Å². The van der Waals surface area contributed by atoms with Crippen molar-refractivity contribution in [2.45, 2.75) is 31.6 Å². The Bertz CT molecular complexity index is 562. The predicted molar refractivity (Wildman–Crippen MR) is 74.5 cm³/mol. The lowest BCUT2D eigenvalue weighted by atomic mass is 10.1. The van der Waals surface area contributed by atoms with E-state index < -0.39 is 15.8 Å². The fourth-order valence-corrected chi connectivity index (χ4v) is 4.21. The van der Waals surface area contributed by atoms with Crippen LogP contribution in [-0.2, 0) is 9.84 Å². The highest BCUT2D eigenvalue weighted by Gasteiger charge is 2.23. The minimum atomic E-state index is -3.57. The Hall–Kier alpha value is -1.07. The van der Waals surface area contributed by atoms with Crippen LogP contribution in [0.3, 0.4) is 0 Å². The van der Waals surface area contributed by atoms with Crippen LogP contribution in [0.1, 0.15) is 37.0 Å². The molecular formula is C13H17ClO4S. The maximum Gasteiger partial charge on any atom is 0.335 e. The zero-order valence-electron chi connectivity index (χ0n) is 10.9. The quantitative estimate of drug-likeness (QED) is 0.875. The van der Waals surface area contributed by atoms with Gasteiger partial charge >= 0.3 is 5.97 Å². The van der Waals surface area contributed by atoms with Crippen LogP contribution >= 0.6 is 11.6 Å². The third kappa shape index (κ3) is 3.94. The molecule has 1 aromatic rings. The molecule has 6 heteroatoms. The van der Waals surface area contributed by atoms with E-state index in [9.17, 15) is 13.2 Å². The number of hydrogen-bond donors (Lipinski definition) is 1. The van der Waals surface area contributed by atoms with Gasteiger partial charge in [-0.3, -0.25) is 0 Å². The maximum absolute atomic E-state index is 12.3. The first-order chi connectivity index (χ1) is 8.81. The Morgan fingerprint density at radius 3 is 2.37 bits per heavy atom. The zero-order valence-corrected chi connectivity index (χ0v) is 12.5. The van der Waals surface area contributed by atoms with Gasteiger partial charge in [0.25, 0.3) is 0 Å². The molecule has 0 saturated heterocycles. The van der Waals surface area contributed by atoms with Crippen molar-refractivity contribution >= 4 is 27.4 Å². The van der Waals surface area contributed by atoms with Gasteiger partial charge in [-0.1, -0.05) is 38.3 Å². The van der Waals surface area contributed by atoms with E-state index in [-0.39, 0.29) is 27.2 Å². The SMILES string of the molecule is CCC(CC)CS(=O)(=O)c1cc(C(=O)O)ccc1Cl. The van der Waals surface area contributed by atoms with Crippen LogP contribution in [0.4, 0.5) is 0 Å². The Balaban J connectivity index is 3.20. The highest BCUT2D eigenvalue weighted by atomic mass is 35.5. The second-order valence-corrected chi connectivity index (χ2v) is 6.82. The lowest BCUT2D eigenvalue weighted by molar-refractivity contribution is 0.0696. The number of hydrogen-bond acceptors (Lipinski definition) is 3. The second kappa shape index (κ2) is 6.39. The van der Waals surface area contributed by atoms with Crippen molar-refractivity contribution < 1.29 is 18.3 Å². The monoisotopic (exact) mass is 304 g/mol. The summed E-state index contributed by atoms with van der Waals surface area (Å²) >= 11 is 5.88. The molecule has 0 aromatic heterocycles. The molecule has 0 heterocycles. The van der Waals surface area contributed by atoms with Crippen molar-refractivity contribution in [2.75, 3.05) is 5.75 Å². The largest absolute Gasteiger partial charge is 0.478 e. The number of aromatic carboxylic acids is 1.